The minimum atomic E-state index is 0.198. The van der Waals surface area contributed by atoms with Crippen molar-refractivity contribution in [3.05, 3.63) is 57.6 Å². The van der Waals surface area contributed by atoms with Crippen LogP contribution >= 0.6 is 15.9 Å². The predicted molar refractivity (Wildman–Crippen MR) is 90.8 cm³/mol. The van der Waals surface area contributed by atoms with Crippen molar-refractivity contribution < 1.29 is 10.2 Å². The number of aromatic hydroxyl groups is 2. The van der Waals surface area contributed by atoms with Crippen LogP contribution in [-0.2, 0) is 0 Å². The van der Waals surface area contributed by atoms with Crippen LogP contribution in [0.1, 0.15) is 39.3 Å². The predicted octanol–water partition coefficient (Wildman–Crippen LogP) is 4.86. The number of hydrogen-bond donors (Lipinski definition) is 2. The van der Waals surface area contributed by atoms with Crippen LogP contribution in [0.25, 0.3) is 0 Å². The number of benzene rings is 2. The van der Waals surface area contributed by atoms with E-state index in [4.69, 9.17) is 0 Å². The van der Waals surface area contributed by atoms with Crippen molar-refractivity contribution >= 4 is 15.9 Å². The number of halogens is 1. The van der Waals surface area contributed by atoms with Gasteiger partial charge < -0.3 is 10.2 Å². The Labute approximate surface area is 134 Å². The van der Waals surface area contributed by atoms with Gasteiger partial charge in [-0.1, -0.05) is 28.1 Å². The van der Waals surface area contributed by atoms with E-state index >= 15 is 0 Å². The molecule has 0 saturated carbocycles. The molecule has 0 bridgehead atoms. The van der Waals surface area contributed by atoms with E-state index in [1.54, 1.807) is 0 Å². The van der Waals surface area contributed by atoms with E-state index in [-0.39, 0.29) is 5.92 Å². The van der Waals surface area contributed by atoms with Gasteiger partial charge in [0.1, 0.15) is 11.5 Å². The Morgan fingerprint density at radius 2 is 1.14 bits per heavy atom. The highest BCUT2D eigenvalue weighted by atomic mass is 79.9. The van der Waals surface area contributed by atoms with Crippen molar-refractivity contribution in [2.75, 3.05) is 5.33 Å². The fourth-order valence-corrected chi connectivity index (χ4v) is 3.43. The van der Waals surface area contributed by atoms with Gasteiger partial charge in [0.2, 0.25) is 0 Å². The summed E-state index contributed by atoms with van der Waals surface area (Å²) >= 11 is 3.62. The molecule has 0 fully saturated rings. The van der Waals surface area contributed by atoms with Gasteiger partial charge in [0, 0.05) is 11.2 Å². The van der Waals surface area contributed by atoms with Gasteiger partial charge in [-0.3, -0.25) is 0 Å². The number of phenols is 2. The highest BCUT2D eigenvalue weighted by molar-refractivity contribution is 9.09. The average molecular weight is 349 g/mol. The second-order valence-electron chi connectivity index (χ2n) is 5.70. The molecule has 0 aliphatic heterocycles. The Morgan fingerprint density at radius 3 is 1.48 bits per heavy atom. The van der Waals surface area contributed by atoms with Gasteiger partial charge in [-0.05, 0) is 73.2 Å². The number of phenolic OH excluding ortho intramolecular Hbond substituents is 2. The minimum absolute atomic E-state index is 0.198. The maximum absolute atomic E-state index is 9.84. The Morgan fingerprint density at radius 1 is 0.762 bits per heavy atom. The standard InChI is InChI=1S/C18H21BrO2/c1-10-7-17(20)12(3)5-14(10)16(9-19)15-6-13(4)18(21)8-11(15)2/h5-8,16,20-21H,9H2,1-4H3. The van der Waals surface area contributed by atoms with Crippen LogP contribution < -0.4 is 0 Å². The molecule has 21 heavy (non-hydrogen) atoms. The maximum Gasteiger partial charge on any atom is 0.118 e. The summed E-state index contributed by atoms with van der Waals surface area (Å²) in [7, 11) is 0. The monoisotopic (exact) mass is 348 g/mol. The average Bonchev–Trinajstić information content (AvgIpc) is 2.42. The SMILES string of the molecule is Cc1cc(C(CBr)c2cc(C)c(O)cc2C)c(C)cc1O. The molecule has 2 aromatic carbocycles. The Hall–Kier alpha value is -1.48. The molecule has 112 valence electrons. The second-order valence-corrected chi connectivity index (χ2v) is 6.34. The van der Waals surface area contributed by atoms with Crippen molar-refractivity contribution in [2.24, 2.45) is 0 Å². The molecule has 2 N–H and O–H groups in total. The summed E-state index contributed by atoms with van der Waals surface area (Å²) in [6, 6.07) is 7.75. The number of aryl methyl sites for hydroxylation is 4. The van der Waals surface area contributed by atoms with Crippen molar-refractivity contribution in [2.45, 2.75) is 33.6 Å². The van der Waals surface area contributed by atoms with E-state index in [2.05, 4.69) is 28.1 Å². The summed E-state index contributed by atoms with van der Waals surface area (Å²) in [5.41, 5.74) is 6.33. The summed E-state index contributed by atoms with van der Waals surface area (Å²) in [6.45, 7) is 7.87. The smallest absolute Gasteiger partial charge is 0.118 e. The lowest BCUT2D eigenvalue weighted by Crippen LogP contribution is -2.07. The lowest BCUT2D eigenvalue weighted by molar-refractivity contribution is 0.470. The summed E-state index contributed by atoms with van der Waals surface area (Å²) in [4.78, 5) is 0. The van der Waals surface area contributed by atoms with Crippen molar-refractivity contribution in [1.29, 1.82) is 0 Å². The summed E-state index contributed by atoms with van der Waals surface area (Å²) in [5, 5.41) is 20.5. The molecule has 0 radical (unpaired) electrons. The molecule has 0 atom stereocenters. The zero-order valence-corrected chi connectivity index (χ0v) is 14.5. The molecule has 2 rings (SSSR count). The molecule has 0 spiro atoms. The summed E-state index contributed by atoms with van der Waals surface area (Å²) in [5.74, 6) is 0.870. The van der Waals surface area contributed by atoms with Gasteiger partial charge in [-0.25, -0.2) is 0 Å². The first-order valence-electron chi connectivity index (χ1n) is 7.01. The molecule has 2 aromatic rings. The molecule has 0 heterocycles. The second kappa shape index (κ2) is 6.10. The topological polar surface area (TPSA) is 40.5 Å². The minimum Gasteiger partial charge on any atom is -0.508 e. The third kappa shape index (κ3) is 3.08. The maximum atomic E-state index is 9.84. The Bertz CT molecular complexity index is 620. The highest BCUT2D eigenvalue weighted by Crippen LogP contribution is 2.36. The van der Waals surface area contributed by atoms with E-state index in [0.29, 0.717) is 11.5 Å². The van der Waals surface area contributed by atoms with E-state index in [1.165, 1.54) is 11.1 Å². The molecule has 0 aromatic heterocycles. The molecule has 0 aliphatic carbocycles. The third-order valence-electron chi connectivity index (χ3n) is 4.07. The highest BCUT2D eigenvalue weighted by Gasteiger charge is 2.19. The molecule has 3 heteroatoms. The van der Waals surface area contributed by atoms with Crippen LogP contribution in [0.5, 0.6) is 11.5 Å². The first-order valence-corrected chi connectivity index (χ1v) is 8.13. The normalized spacial score (nSPS) is 11.1. The number of alkyl halides is 1. The first kappa shape index (κ1) is 15.9. The summed E-state index contributed by atoms with van der Waals surface area (Å²) in [6.07, 6.45) is 0. The van der Waals surface area contributed by atoms with E-state index in [1.807, 2.05) is 39.8 Å². The molecule has 2 nitrogen and oxygen atoms in total. The van der Waals surface area contributed by atoms with Crippen LogP contribution in [-0.4, -0.2) is 15.5 Å². The van der Waals surface area contributed by atoms with Crippen LogP contribution in [0.4, 0.5) is 0 Å². The largest absolute Gasteiger partial charge is 0.508 e. The van der Waals surface area contributed by atoms with Crippen LogP contribution in [0.3, 0.4) is 0 Å². The lowest BCUT2D eigenvalue weighted by Gasteiger charge is -2.21. The molecule has 0 aliphatic rings. The van der Waals surface area contributed by atoms with Crippen LogP contribution in [0.2, 0.25) is 0 Å². The third-order valence-corrected chi connectivity index (χ3v) is 4.72. The number of rotatable bonds is 3. The van der Waals surface area contributed by atoms with Crippen molar-refractivity contribution in [3.8, 4) is 11.5 Å². The summed E-state index contributed by atoms with van der Waals surface area (Å²) < 4.78 is 0. The Balaban J connectivity index is 2.60. The van der Waals surface area contributed by atoms with Crippen LogP contribution in [0.15, 0.2) is 24.3 Å². The molecule has 0 unspecified atom stereocenters. The van der Waals surface area contributed by atoms with E-state index < -0.39 is 0 Å². The zero-order valence-electron chi connectivity index (χ0n) is 12.9. The van der Waals surface area contributed by atoms with Gasteiger partial charge in [-0.15, -0.1) is 0 Å². The van der Waals surface area contributed by atoms with Gasteiger partial charge in [0.25, 0.3) is 0 Å². The Kier molecular flexibility index (Phi) is 4.62. The fraction of sp³-hybridized carbons (Fsp3) is 0.333. The quantitative estimate of drug-likeness (QED) is 0.777. The molecule has 0 saturated heterocycles. The zero-order chi connectivity index (χ0) is 15.7. The van der Waals surface area contributed by atoms with Crippen molar-refractivity contribution in [3.63, 3.8) is 0 Å². The molecule has 0 amide bonds. The number of hydrogen-bond acceptors (Lipinski definition) is 2. The lowest BCUT2D eigenvalue weighted by atomic mass is 9.85. The molecular weight excluding hydrogens is 328 g/mol. The molecular formula is C18H21BrO2. The fourth-order valence-electron chi connectivity index (χ4n) is 2.73. The van der Waals surface area contributed by atoms with Crippen molar-refractivity contribution in [1.82, 2.24) is 0 Å². The van der Waals surface area contributed by atoms with Gasteiger partial charge in [0.05, 0.1) is 0 Å². The van der Waals surface area contributed by atoms with Crippen LogP contribution in [0, 0.1) is 27.7 Å². The van der Waals surface area contributed by atoms with E-state index in [9.17, 15) is 10.2 Å². The first-order chi connectivity index (χ1) is 9.85. The van der Waals surface area contributed by atoms with Gasteiger partial charge in [-0.2, -0.15) is 0 Å². The van der Waals surface area contributed by atoms with Gasteiger partial charge >= 0.3 is 0 Å². The van der Waals surface area contributed by atoms with Gasteiger partial charge in [0.15, 0.2) is 0 Å². The van der Waals surface area contributed by atoms with E-state index in [0.717, 1.165) is 27.6 Å².